The van der Waals surface area contributed by atoms with E-state index in [2.05, 4.69) is 54.0 Å². The number of aryl methyl sites for hydroxylation is 1. The summed E-state index contributed by atoms with van der Waals surface area (Å²) in [6.45, 7) is 3.72. The highest BCUT2D eigenvalue weighted by Crippen LogP contribution is 2.27. The van der Waals surface area contributed by atoms with Gasteiger partial charge in [-0.05, 0) is 25.1 Å². The number of amides is 2. The molecule has 0 aromatic heterocycles. The number of carbonyl (C=O) groups excluding carboxylic acids is 2. The molecule has 0 fully saturated rings. The van der Waals surface area contributed by atoms with Crippen LogP contribution in [-0.2, 0) is 9.59 Å². The topological polar surface area (TPSA) is 84.0 Å². The van der Waals surface area contributed by atoms with Gasteiger partial charge in [-0.2, -0.15) is 0 Å². The van der Waals surface area contributed by atoms with Crippen LogP contribution in [0.25, 0.3) is 0 Å². The standard InChI is InChI=1S/C25H27N3O3/c1-17-9-11-20(12-10-17)25(19-7-5-4-6-8-19)26-16-24(30)28-22-15-21(27-18(2)29)13-14-23(22)31-3/h4-15,25-26H,16H2,1-3H3,(H,27,29)(H,28,30)/p+1/t25-/m0/s1. The Kier molecular flexibility index (Phi) is 7.40. The molecule has 0 aliphatic rings. The summed E-state index contributed by atoms with van der Waals surface area (Å²) < 4.78 is 5.34. The van der Waals surface area contributed by atoms with Crippen molar-refractivity contribution in [2.75, 3.05) is 24.3 Å². The minimum atomic E-state index is -0.181. The molecule has 3 aromatic rings. The molecule has 4 N–H and O–H groups in total. The Morgan fingerprint density at radius 3 is 2.26 bits per heavy atom. The van der Waals surface area contributed by atoms with Crippen molar-refractivity contribution in [3.8, 4) is 5.75 Å². The summed E-state index contributed by atoms with van der Waals surface area (Å²) in [7, 11) is 1.54. The predicted molar refractivity (Wildman–Crippen MR) is 122 cm³/mol. The van der Waals surface area contributed by atoms with Gasteiger partial charge in [-0.1, -0.05) is 60.2 Å². The predicted octanol–water partition coefficient (Wildman–Crippen LogP) is 3.25. The molecule has 0 saturated carbocycles. The zero-order valence-electron chi connectivity index (χ0n) is 18.0. The van der Waals surface area contributed by atoms with Crippen molar-refractivity contribution in [3.05, 3.63) is 89.5 Å². The Balaban J connectivity index is 1.74. The van der Waals surface area contributed by atoms with Crippen LogP contribution in [-0.4, -0.2) is 25.5 Å². The first kappa shape index (κ1) is 22.1. The second kappa shape index (κ2) is 10.4. The molecule has 6 nitrogen and oxygen atoms in total. The van der Waals surface area contributed by atoms with Crippen LogP contribution in [0.1, 0.15) is 29.7 Å². The monoisotopic (exact) mass is 418 g/mol. The summed E-state index contributed by atoms with van der Waals surface area (Å²) >= 11 is 0. The van der Waals surface area contributed by atoms with E-state index >= 15 is 0 Å². The molecule has 0 unspecified atom stereocenters. The minimum Gasteiger partial charge on any atom is -0.495 e. The van der Waals surface area contributed by atoms with E-state index in [0.717, 1.165) is 11.1 Å². The molecule has 2 amide bonds. The first-order chi connectivity index (χ1) is 15.0. The Morgan fingerprint density at radius 1 is 0.935 bits per heavy atom. The third kappa shape index (κ3) is 6.17. The molecule has 160 valence electrons. The molecule has 0 saturated heterocycles. The molecule has 0 bridgehead atoms. The lowest BCUT2D eigenvalue weighted by molar-refractivity contribution is -0.676. The molecule has 31 heavy (non-hydrogen) atoms. The zero-order valence-corrected chi connectivity index (χ0v) is 18.0. The summed E-state index contributed by atoms with van der Waals surface area (Å²) in [5.74, 6) is 0.187. The van der Waals surface area contributed by atoms with Crippen molar-refractivity contribution >= 4 is 23.2 Å². The van der Waals surface area contributed by atoms with E-state index in [4.69, 9.17) is 4.74 Å². The van der Waals surface area contributed by atoms with Crippen LogP contribution in [0.2, 0.25) is 0 Å². The molecule has 1 atom stereocenters. The molecule has 0 heterocycles. The van der Waals surface area contributed by atoms with Crippen molar-refractivity contribution in [3.63, 3.8) is 0 Å². The van der Waals surface area contributed by atoms with Gasteiger partial charge < -0.3 is 20.7 Å². The fraction of sp³-hybridized carbons (Fsp3) is 0.200. The van der Waals surface area contributed by atoms with E-state index in [-0.39, 0.29) is 24.4 Å². The number of nitrogens with one attached hydrogen (secondary N) is 2. The number of nitrogens with two attached hydrogens (primary N) is 1. The van der Waals surface area contributed by atoms with Crippen molar-refractivity contribution in [2.45, 2.75) is 19.9 Å². The lowest BCUT2D eigenvalue weighted by atomic mass is 9.98. The summed E-state index contributed by atoms with van der Waals surface area (Å²) in [5.41, 5.74) is 4.56. The second-order valence-corrected chi connectivity index (χ2v) is 7.38. The summed E-state index contributed by atoms with van der Waals surface area (Å²) in [4.78, 5) is 24.1. The second-order valence-electron chi connectivity index (χ2n) is 7.38. The molecule has 0 aliphatic carbocycles. The highest BCUT2D eigenvalue weighted by atomic mass is 16.5. The number of quaternary nitrogens is 1. The van der Waals surface area contributed by atoms with Gasteiger partial charge in [-0.25, -0.2) is 0 Å². The van der Waals surface area contributed by atoms with Crippen molar-refractivity contribution in [1.82, 2.24) is 0 Å². The molecular weight excluding hydrogens is 390 g/mol. The van der Waals surface area contributed by atoms with Crippen molar-refractivity contribution in [1.29, 1.82) is 0 Å². The first-order valence-electron chi connectivity index (χ1n) is 10.2. The summed E-state index contributed by atoms with van der Waals surface area (Å²) in [5, 5.41) is 7.62. The maximum atomic E-state index is 12.8. The van der Waals surface area contributed by atoms with Crippen LogP contribution in [0, 0.1) is 6.92 Å². The molecule has 0 aliphatic heterocycles. The molecule has 0 spiro atoms. The maximum Gasteiger partial charge on any atom is 0.279 e. The Bertz CT molecular complexity index is 1030. The SMILES string of the molecule is COc1ccc(NC(C)=O)cc1NC(=O)C[NH2+][C@@H](c1ccccc1)c1ccc(C)cc1. The van der Waals surface area contributed by atoms with Gasteiger partial charge in [0.1, 0.15) is 11.8 Å². The smallest absolute Gasteiger partial charge is 0.279 e. The zero-order chi connectivity index (χ0) is 22.2. The highest BCUT2D eigenvalue weighted by molar-refractivity contribution is 5.95. The van der Waals surface area contributed by atoms with Crippen molar-refractivity contribution in [2.24, 2.45) is 0 Å². The van der Waals surface area contributed by atoms with Crippen LogP contribution in [0.3, 0.4) is 0 Å². The van der Waals surface area contributed by atoms with E-state index in [0.29, 0.717) is 17.1 Å². The Labute approximate surface area is 182 Å². The van der Waals surface area contributed by atoms with Gasteiger partial charge in [-0.15, -0.1) is 0 Å². The first-order valence-corrected chi connectivity index (χ1v) is 10.2. The fourth-order valence-electron chi connectivity index (χ4n) is 3.41. The highest BCUT2D eigenvalue weighted by Gasteiger charge is 2.19. The molecule has 0 radical (unpaired) electrons. The Morgan fingerprint density at radius 2 is 1.61 bits per heavy atom. The van der Waals surface area contributed by atoms with Crippen LogP contribution < -0.4 is 20.7 Å². The number of methoxy groups -OCH3 is 1. The van der Waals surface area contributed by atoms with Gasteiger partial charge in [0.15, 0.2) is 6.54 Å². The number of hydrogen-bond donors (Lipinski definition) is 3. The van der Waals surface area contributed by atoms with Crippen LogP contribution in [0.4, 0.5) is 11.4 Å². The van der Waals surface area contributed by atoms with E-state index in [1.54, 1.807) is 18.2 Å². The number of benzene rings is 3. The van der Waals surface area contributed by atoms with Crippen LogP contribution in [0.15, 0.2) is 72.8 Å². The minimum absolute atomic E-state index is 0.000148. The molecule has 3 aromatic carbocycles. The number of hydrogen-bond acceptors (Lipinski definition) is 3. The van der Waals surface area contributed by atoms with Gasteiger partial charge in [0.05, 0.1) is 12.8 Å². The normalized spacial score (nSPS) is 11.5. The number of anilines is 2. The van der Waals surface area contributed by atoms with Gasteiger partial charge in [0.25, 0.3) is 5.91 Å². The average molecular weight is 419 g/mol. The lowest BCUT2D eigenvalue weighted by Crippen LogP contribution is -2.87. The van der Waals surface area contributed by atoms with Gasteiger partial charge in [-0.3, -0.25) is 9.59 Å². The van der Waals surface area contributed by atoms with Crippen LogP contribution >= 0.6 is 0 Å². The summed E-state index contributed by atoms with van der Waals surface area (Å²) in [6.07, 6.45) is 0. The van der Waals surface area contributed by atoms with Gasteiger partial charge >= 0.3 is 0 Å². The lowest BCUT2D eigenvalue weighted by Gasteiger charge is -2.17. The largest absolute Gasteiger partial charge is 0.495 e. The Hall–Kier alpha value is -3.64. The van der Waals surface area contributed by atoms with Crippen LogP contribution in [0.5, 0.6) is 5.75 Å². The summed E-state index contributed by atoms with van der Waals surface area (Å²) in [6, 6.07) is 23.6. The van der Waals surface area contributed by atoms with Gasteiger partial charge in [0.2, 0.25) is 5.91 Å². The van der Waals surface area contributed by atoms with E-state index < -0.39 is 0 Å². The number of carbonyl (C=O) groups is 2. The third-order valence-electron chi connectivity index (χ3n) is 4.93. The van der Waals surface area contributed by atoms with E-state index in [1.165, 1.54) is 19.6 Å². The molecule has 3 rings (SSSR count). The average Bonchev–Trinajstić information content (AvgIpc) is 2.75. The van der Waals surface area contributed by atoms with E-state index in [9.17, 15) is 9.59 Å². The van der Waals surface area contributed by atoms with Gasteiger partial charge in [0, 0.05) is 23.7 Å². The third-order valence-corrected chi connectivity index (χ3v) is 4.93. The maximum absolute atomic E-state index is 12.8. The molecule has 6 heteroatoms. The number of ether oxygens (including phenoxy) is 1. The fourth-order valence-corrected chi connectivity index (χ4v) is 3.41. The van der Waals surface area contributed by atoms with Crippen molar-refractivity contribution < 1.29 is 19.6 Å². The quantitative estimate of drug-likeness (QED) is 0.525. The van der Waals surface area contributed by atoms with E-state index in [1.807, 2.05) is 23.5 Å². The molecular formula is C25H28N3O3+. The number of rotatable bonds is 8.